The molecule has 3 N–H and O–H groups in total. The van der Waals surface area contributed by atoms with Crippen LogP contribution >= 0.6 is 23.7 Å². The summed E-state index contributed by atoms with van der Waals surface area (Å²) >= 11 is 1.51. The molecule has 1 fully saturated rings. The van der Waals surface area contributed by atoms with Crippen molar-refractivity contribution in [1.29, 1.82) is 0 Å². The minimum atomic E-state index is -0.407. The van der Waals surface area contributed by atoms with E-state index >= 15 is 0 Å². The summed E-state index contributed by atoms with van der Waals surface area (Å²) in [5.74, 6) is 0.446. The lowest BCUT2D eigenvalue weighted by molar-refractivity contribution is -0.134. The predicted molar refractivity (Wildman–Crippen MR) is 101 cm³/mol. The summed E-state index contributed by atoms with van der Waals surface area (Å²) < 4.78 is 0. The number of piperidine rings is 1. The monoisotopic (exact) mass is 373 g/mol. The third-order valence-corrected chi connectivity index (χ3v) is 5.15. The van der Waals surface area contributed by atoms with Gasteiger partial charge in [-0.3, -0.25) is 9.59 Å². The van der Waals surface area contributed by atoms with E-state index in [2.05, 4.69) is 19.2 Å². The summed E-state index contributed by atoms with van der Waals surface area (Å²) in [6.45, 7) is 7.46. The average molecular weight is 374 g/mol. The molecule has 1 aliphatic heterocycles. The predicted octanol–water partition coefficient (Wildman–Crippen LogP) is 2.57. The summed E-state index contributed by atoms with van der Waals surface area (Å²) in [4.78, 5) is 28.2. The molecular weight excluding hydrogens is 346 g/mol. The van der Waals surface area contributed by atoms with Crippen LogP contribution < -0.4 is 11.1 Å². The molecule has 0 aliphatic carbocycles. The molecule has 1 saturated heterocycles. The molecule has 0 spiro atoms. The van der Waals surface area contributed by atoms with Crippen molar-refractivity contribution in [2.45, 2.75) is 52.1 Å². The molecule has 0 unspecified atom stereocenters. The van der Waals surface area contributed by atoms with Gasteiger partial charge in [-0.25, -0.2) is 0 Å². The van der Waals surface area contributed by atoms with Gasteiger partial charge >= 0.3 is 0 Å². The molecule has 136 valence electrons. The summed E-state index contributed by atoms with van der Waals surface area (Å²) in [6.07, 6.45) is 2.29. The Morgan fingerprint density at radius 1 is 1.33 bits per heavy atom. The van der Waals surface area contributed by atoms with E-state index in [0.717, 1.165) is 22.6 Å². The number of halogens is 1. The maximum absolute atomic E-state index is 12.3. The van der Waals surface area contributed by atoms with Crippen molar-refractivity contribution < 1.29 is 9.59 Å². The van der Waals surface area contributed by atoms with Crippen molar-refractivity contribution >= 4 is 35.6 Å². The Kier molecular flexibility index (Phi) is 8.19. The topological polar surface area (TPSA) is 75.4 Å². The summed E-state index contributed by atoms with van der Waals surface area (Å²) in [7, 11) is 0. The molecule has 1 atom stereocenters. The Morgan fingerprint density at radius 3 is 2.46 bits per heavy atom. The number of nitrogens with two attached hydrogens (primary N) is 1. The second-order valence-electron chi connectivity index (χ2n) is 6.72. The molecule has 7 heteroatoms. The van der Waals surface area contributed by atoms with Crippen LogP contribution in [0.2, 0.25) is 0 Å². The van der Waals surface area contributed by atoms with Gasteiger partial charge in [-0.1, -0.05) is 13.8 Å². The number of hydrogen-bond acceptors (Lipinski definition) is 4. The SMILES string of the molecule is Cc1ccc(C(=O)NC2CCN(C(=O)[C@@H](N)CC(C)C)CC2)s1.Cl. The van der Waals surface area contributed by atoms with Crippen LogP contribution in [0.25, 0.3) is 0 Å². The van der Waals surface area contributed by atoms with E-state index in [1.807, 2.05) is 24.0 Å². The minimum Gasteiger partial charge on any atom is -0.348 e. The van der Waals surface area contributed by atoms with Gasteiger partial charge in [-0.15, -0.1) is 23.7 Å². The van der Waals surface area contributed by atoms with Crippen molar-refractivity contribution in [2.75, 3.05) is 13.1 Å². The maximum atomic E-state index is 12.3. The summed E-state index contributed by atoms with van der Waals surface area (Å²) in [5.41, 5.74) is 5.98. The van der Waals surface area contributed by atoms with E-state index in [-0.39, 0.29) is 30.3 Å². The fraction of sp³-hybridized carbons (Fsp3) is 0.647. The number of carbonyl (C=O) groups is 2. The molecule has 2 rings (SSSR count). The van der Waals surface area contributed by atoms with Crippen LogP contribution in [0.1, 0.15) is 47.7 Å². The highest BCUT2D eigenvalue weighted by Crippen LogP contribution is 2.17. The van der Waals surface area contributed by atoms with Crippen LogP contribution in [0.15, 0.2) is 12.1 Å². The van der Waals surface area contributed by atoms with Crippen molar-refractivity contribution in [1.82, 2.24) is 10.2 Å². The van der Waals surface area contributed by atoms with Crippen molar-refractivity contribution in [3.63, 3.8) is 0 Å². The van der Waals surface area contributed by atoms with Gasteiger partial charge in [0.25, 0.3) is 5.91 Å². The Bertz CT molecular complexity index is 554. The highest BCUT2D eigenvalue weighted by molar-refractivity contribution is 7.13. The number of rotatable bonds is 5. The summed E-state index contributed by atoms with van der Waals surface area (Å²) in [5, 5.41) is 3.07. The van der Waals surface area contributed by atoms with E-state index in [1.165, 1.54) is 11.3 Å². The third-order valence-electron chi connectivity index (χ3n) is 4.15. The highest BCUT2D eigenvalue weighted by Gasteiger charge is 2.27. The van der Waals surface area contributed by atoms with E-state index in [9.17, 15) is 9.59 Å². The molecule has 5 nitrogen and oxygen atoms in total. The number of hydrogen-bond donors (Lipinski definition) is 2. The van der Waals surface area contributed by atoms with Gasteiger partial charge in [-0.2, -0.15) is 0 Å². The number of amides is 2. The molecule has 1 aliphatic rings. The van der Waals surface area contributed by atoms with E-state index in [1.54, 1.807) is 0 Å². The second kappa shape index (κ2) is 9.39. The van der Waals surface area contributed by atoms with Gasteiger partial charge < -0.3 is 16.0 Å². The molecule has 2 heterocycles. The Labute approximate surface area is 154 Å². The molecule has 0 saturated carbocycles. The minimum absolute atomic E-state index is 0. The van der Waals surface area contributed by atoms with Gasteiger partial charge in [0.05, 0.1) is 10.9 Å². The van der Waals surface area contributed by atoms with Crippen LogP contribution in [0.4, 0.5) is 0 Å². The highest BCUT2D eigenvalue weighted by atomic mass is 35.5. The molecule has 0 bridgehead atoms. The zero-order valence-corrected chi connectivity index (χ0v) is 16.2. The van der Waals surface area contributed by atoms with E-state index in [0.29, 0.717) is 25.4 Å². The van der Waals surface area contributed by atoms with Crippen molar-refractivity contribution in [2.24, 2.45) is 11.7 Å². The molecule has 2 amide bonds. The Balaban J connectivity index is 0.00000288. The van der Waals surface area contributed by atoms with E-state index < -0.39 is 6.04 Å². The first kappa shape index (κ1) is 20.9. The fourth-order valence-corrected chi connectivity index (χ4v) is 3.67. The lowest BCUT2D eigenvalue weighted by Crippen LogP contribution is -2.51. The number of likely N-dealkylation sites (tertiary alicyclic amines) is 1. The first-order chi connectivity index (χ1) is 10.9. The van der Waals surface area contributed by atoms with Gasteiger partial charge in [0.1, 0.15) is 0 Å². The molecule has 0 radical (unpaired) electrons. The van der Waals surface area contributed by atoms with Gasteiger partial charge in [0.2, 0.25) is 5.91 Å². The standard InChI is InChI=1S/C17H27N3O2S.ClH/c1-11(2)10-14(18)17(22)20-8-6-13(7-9-20)19-16(21)15-5-4-12(3)23-15;/h4-5,11,13-14H,6-10,18H2,1-3H3,(H,19,21);1H/t14-;/m0./s1. The zero-order chi connectivity index (χ0) is 17.0. The number of aryl methyl sites for hydroxylation is 1. The van der Waals surface area contributed by atoms with Crippen LogP contribution in [-0.2, 0) is 4.79 Å². The van der Waals surface area contributed by atoms with E-state index in [4.69, 9.17) is 5.73 Å². The zero-order valence-electron chi connectivity index (χ0n) is 14.6. The lowest BCUT2D eigenvalue weighted by atomic mass is 10.0. The fourth-order valence-electron chi connectivity index (χ4n) is 2.90. The third kappa shape index (κ3) is 5.76. The Hall–Kier alpha value is -1.11. The largest absolute Gasteiger partial charge is 0.348 e. The van der Waals surface area contributed by atoms with Gasteiger partial charge in [-0.05, 0) is 44.2 Å². The van der Waals surface area contributed by atoms with Gasteiger partial charge in [0, 0.05) is 24.0 Å². The van der Waals surface area contributed by atoms with Crippen molar-refractivity contribution in [3.05, 3.63) is 21.9 Å². The van der Waals surface area contributed by atoms with Gasteiger partial charge in [0.15, 0.2) is 0 Å². The lowest BCUT2D eigenvalue weighted by Gasteiger charge is -2.34. The normalized spacial score (nSPS) is 16.6. The molecule has 24 heavy (non-hydrogen) atoms. The van der Waals surface area contributed by atoms with Crippen LogP contribution in [0.5, 0.6) is 0 Å². The van der Waals surface area contributed by atoms with Crippen LogP contribution in [0.3, 0.4) is 0 Å². The van der Waals surface area contributed by atoms with Crippen LogP contribution in [-0.4, -0.2) is 41.9 Å². The quantitative estimate of drug-likeness (QED) is 0.832. The maximum Gasteiger partial charge on any atom is 0.261 e. The number of thiophene rings is 1. The number of carbonyl (C=O) groups excluding carboxylic acids is 2. The summed E-state index contributed by atoms with van der Waals surface area (Å²) in [6, 6.07) is 3.54. The van der Waals surface area contributed by atoms with Crippen LogP contribution in [0, 0.1) is 12.8 Å². The first-order valence-corrected chi connectivity index (χ1v) is 9.10. The molecule has 1 aromatic rings. The average Bonchev–Trinajstić information content (AvgIpc) is 2.93. The number of nitrogens with one attached hydrogen (secondary N) is 1. The molecular formula is C17H28ClN3O2S. The first-order valence-electron chi connectivity index (χ1n) is 8.28. The number of nitrogens with zero attached hydrogens (tertiary/aromatic N) is 1. The smallest absolute Gasteiger partial charge is 0.261 e. The Morgan fingerprint density at radius 2 is 1.96 bits per heavy atom. The molecule has 1 aromatic heterocycles. The van der Waals surface area contributed by atoms with Crippen molar-refractivity contribution in [3.8, 4) is 0 Å². The molecule has 0 aromatic carbocycles. The second-order valence-corrected chi connectivity index (χ2v) is 8.01.